The van der Waals surface area contributed by atoms with Crippen LogP contribution in [0, 0.1) is 17.1 Å². The highest BCUT2D eigenvalue weighted by atomic mass is 19.4. The number of hydrogen-bond acceptors (Lipinski definition) is 3. The van der Waals surface area contributed by atoms with Gasteiger partial charge in [-0.2, -0.15) is 5.26 Å². The highest BCUT2D eigenvalue weighted by molar-refractivity contribution is 5.33. The van der Waals surface area contributed by atoms with Crippen molar-refractivity contribution in [3.63, 3.8) is 0 Å². The molecule has 1 rings (SSSR count). The maximum absolute atomic E-state index is 13.1. The van der Waals surface area contributed by atoms with E-state index in [1.165, 1.54) is 0 Å². The van der Waals surface area contributed by atoms with Gasteiger partial charge in [0, 0.05) is 0 Å². The Morgan fingerprint density at radius 1 is 1.38 bits per heavy atom. The highest BCUT2D eigenvalue weighted by Gasteiger charge is 2.32. The fourth-order valence-electron chi connectivity index (χ4n) is 0.993. The van der Waals surface area contributed by atoms with E-state index in [0.29, 0.717) is 0 Å². The molecule has 0 aliphatic rings. The second-order valence-corrected chi connectivity index (χ2v) is 2.84. The van der Waals surface area contributed by atoms with Crippen LogP contribution in [0.2, 0.25) is 0 Å². The van der Waals surface area contributed by atoms with Crippen LogP contribution in [0.1, 0.15) is 11.6 Å². The third kappa shape index (κ3) is 3.10. The average molecular weight is 234 g/mol. The van der Waals surface area contributed by atoms with Gasteiger partial charge in [-0.05, 0) is 17.7 Å². The number of alkyl halides is 3. The number of hydrogen-bond donors (Lipinski definition) is 1. The van der Waals surface area contributed by atoms with Crippen molar-refractivity contribution in [2.24, 2.45) is 5.73 Å². The molecule has 0 saturated heterocycles. The lowest BCUT2D eigenvalue weighted by Crippen LogP contribution is -2.18. The minimum absolute atomic E-state index is 0.0783. The molecule has 16 heavy (non-hydrogen) atoms. The average Bonchev–Trinajstić information content (AvgIpc) is 2.18. The zero-order valence-electron chi connectivity index (χ0n) is 7.75. The van der Waals surface area contributed by atoms with Gasteiger partial charge in [0.2, 0.25) is 0 Å². The van der Waals surface area contributed by atoms with E-state index in [-0.39, 0.29) is 5.56 Å². The van der Waals surface area contributed by atoms with Crippen molar-refractivity contribution in [3.8, 4) is 11.8 Å². The molecule has 0 fully saturated rings. The van der Waals surface area contributed by atoms with Gasteiger partial charge in [-0.15, -0.1) is 13.2 Å². The van der Waals surface area contributed by atoms with Crippen LogP contribution in [-0.2, 0) is 0 Å². The molecule has 0 aromatic heterocycles. The van der Waals surface area contributed by atoms with Gasteiger partial charge in [-0.1, -0.05) is 6.07 Å². The predicted octanol–water partition coefficient (Wildman–Crippen LogP) is 2.25. The largest absolute Gasteiger partial charge is 0.573 e. The van der Waals surface area contributed by atoms with Gasteiger partial charge in [0.15, 0.2) is 11.6 Å². The first-order valence-electron chi connectivity index (χ1n) is 4.04. The summed E-state index contributed by atoms with van der Waals surface area (Å²) in [7, 11) is 0. The predicted molar refractivity (Wildman–Crippen MR) is 45.6 cm³/mol. The molecule has 0 spiro atoms. The van der Waals surface area contributed by atoms with Gasteiger partial charge in [-0.25, -0.2) is 4.39 Å². The van der Waals surface area contributed by atoms with Gasteiger partial charge in [0.1, 0.15) is 6.04 Å². The Balaban J connectivity index is 2.97. The zero-order valence-corrected chi connectivity index (χ0v) is 7.75. The quantitative estimate of drug-likeness (QED) is 0.798. The van der Waals surface area contributed by atoms with Crippen molar-refractivity contribution in [1.82, 2.24) is 0 Å². The molecule has 86 valence electrons. The van der Waals surface area contributed by atoms with E-state index < -0.39 is 24.0 Å². The SMILES string of the molecule is N#C[C@H](N)c1ccc(OC(F)(F)F)c(F)c1. The number of ether oxygens (including phenoxy) is 1. The molecule has 0 amide bonds. The van der Waals surface area contributed by atoms with Crippen molar-refractivity contribution >= 4 is 0 Å². The van der Waals surface area contributed by atoms with Gasteiger partial charge in [0.25, 0.3) is 0 Å². The van der Waals surface area contributed by atoms with E-state index >= 15 is 0 Å². The summed E-state index contributed by atoms with van der Waals surface area (Å²) in [6.45, 7) is 0. The maximum Gasteiger partial charge on any atom is 0.573 e. The summed E-state index contributed by atoms with van der Waals surface area (Å²) < 4.78 is 51.8. The van der Waals surface area contributed by atoms with Crippen molar-refractivity contribution in [3.05, 3.63) is 29.6 Å². The molecular weight excluding hydrogens is 228 g/mol. The summed E-state index contributed by atoms with van der Waals surface area (Å²) in [5, 5.41) is 8.43. The lowest BCUT2D eigenvalue weighted by molar-refractivity contribution is -0.275. The molecule has 0 aliphatic carbocycles. The monoisotopic (exact) mass is 234 g/mol. The van der Waals surface area contributed by atoms with Crippen molar-refractivity contribution < 1.29 is 22.3 Å². The van der Waals surface area contributed by atoms with Gasteiger partial charge < -0.3 is 10.5 Å². The first-order chi connectivity index (χ1) is 7.33. The second-order valence-electron chi connectivity index (χ2n) is 2.84. The summed E-state index contributed by atoms with van der Waals surface area (Å²) in [4.78, 5) is 0. The molecule has 0 saturated carbocycles. The molecule has 2 N–H and O–H groups in total. The lowest BCUT2D eigenvalue weighted by atomic mass is 10.1. The van der Waals surface area contributed by atoms with Crippen LogP contribution in [0.15, 0.2) is 18.2 Å². The first kappa shape index (κ1) is 12.3. The van der Waals surface area contributed by atoms with Crippen molar-refractivity contribution in [2.45, 2.75) is 12.4 Å². The standard InChI is InChI=1S/C9H6F4N2O/c10-6-3-5(7(15)4-14)1-2-8(6)16-9(11,12)13/h1-3,7H,15H2/t7-/m0/s1. The molecule has 0 aliphatic heterocycles. The number of halogens is 4. The van der Waals surface area contributed by atoms with Crippen LogP contribution < -0.4 is 10.5 Å². The van der Waals surface area contributed by atoms with E-state index in [1.807, 2.05) is 0 Å². The minimum atomic E-state index is -4.96. The van der Waals surface area contributed by atoms with E-state index in [2.05, 4.69) is 4.74 Å². The Bertz CT molecular complexity index is 424. The molecule has 1 aromatic carbocycles. The Labute approximate surface area is 88.0 Å². The van der Waals surface area contributed by atoms with Gasteiger partial charge in [-0.3, -0.25) is 0 Å². The van der Waals surface area contributed by atoms with E-state index in [1.54, 1.807) is 6.07 Å². The van der Waals surface area contributed by atoms with Crippen LogP contribution >= 0.6 is 0 Å². The fourth-order valence-corrected chi connectivity index (χ4v) is 0.993. The highest BCUT2D eigenvalue weighted by Crippen LogP contribution is 2.27. The fraction of sp³-hybridized carbons (Fsp3) is 0.222. The van der Waals surface area contributed by atoms with E-state index in [9.17, 15) is 17.6 Å². The molecule has 1 atom stereocenters. The van der Waals surface area contributed by atoms with E-state index in [0.717, 1.165) is 18.2 Å². The Morgan fingerprint density at radius 2 is 2.00 bits per heavy atom. The number of nitriles is 1. The molecule has 0 unspecified atom stereocenters. The summed E-state index contributed by atoms with van der Waals surface area (Å²) in [5.74, 6) is -2.18. The number of benzene rings is 1. The number of rotatable bonds is 2. The molecule has 0 heterocycles. The van der Waals surface area contributed by atoms with Crippen LogP contribution in [-0.4, -0.2) is 6.36 Å². The molecule has 1 aromatic rings. The van der Waals surface area contributed by atoms with Gasteiger partial charge in [0.05, 0.1) is 6.07 Å². The maximum atomic E-state index is 13.1. The number of nitrogens with zero attached hydrogens (tertiary/aromatic N) is 1. The summed E-state index contributed by atoms with van der Waals surface area (Å²) in [5.41, 5.74) is 5.33. The van der Waals surface area contributed by atoms with Crippen molar-refractivity contribution in [2.75, 3.05) is 0 Å². The van der Waals surface area contributed by atoms with Gasteiger partial charge >= 0.3 is 6.36 Å². The smallest absolute Gasteiger partial charge is 0.403 e. The molecule has 7 heteroatoms. The lowest BCUT2D eigenvalue weighted by Gasteiger charge is -2.10. The Kier molecular flexibility index (Phi) is 3.34. The van der Waals surface area contributed by atoms with Crippen LogP contribution in [0.25, 0.3) is 0 Å². The van der Waals surface area contributed by atoms with Crippen LogP contribution in [0.5, 0.6) is 5.75 Å². The molecular formula is C9H6F4N2O. The molecule has 0 bridgehead atoms. The third-order valence-electron chi connectivity index (χ3n) is 1.68. The van der Waals surface area contributed by atoms with Crippen LogP contribution in [0.3, 0.4) is 0 Å². The minimum Gasteiger partial charge on any atom is -0.403 e. The summed E-state index contributed by atoms with van der Waals surface area (Å²) in [6, 6.07) is 3.14. The Hall–Kier alpha value is -1.81. The number of nitrogens with two attached hydrogens (primary N) is 1. The molecule has 3 nitrogen and oxygen atoms in total. The normalized spacial score (nSPS) is 13.0. The second kappa shape index (κ2) is 4.37. The zero-order chi connectivity index (χ0) is 12.3. The topological polar surface area (TPSA) is 59.0 Å². The van der Waals surface area contributed by atoms with E-state index in [4.69, 9.17) is 11.0 Å². The summed E-state index contributed by atoms with van der Waals surface area (Å²) >= 11 is 0. The van der Waals surface area contributed by atoms with Crippen molar-refractivity contribution in [1.29, 1.82) is 5.26 Å². The van der Waals surface area contributed by atoms with Crippen LogP contribution in [0.4, 0.5) is 17.6 Å². The summed E-state index contributed by atoms with van der Waals surface area (Å²) in [6.07, 6.45) is -4.96. The Morgan fingerprint density at radius 3 is 2.44 bits per heavy atom. The first-order valence-corrected chi connectivity index (χ1v) is 4.04. The molecule has 0 radical (unpaired) electrons. The third-order valence-corrected chi connectivity index (χ3v) is 1.68.